The lowest BCUT2D eigenvalue weighted by atomic mass is 9.99. The van der Waals surface area contributed by atoms with Crippen LogP contribution in [0.15, 0.2) is 18.2 Å². The normalized spacial score (nSPS) is 11.2. The van der Waals surface area contributed by atoms with Crippen molar-refractivity contribution in [2.45, 2.75) is 20.3 Å². The molecule has 1 aromatic carbocycles. The van der Waals surface area contributed by atoms with Crippen molar-refractivity contribution in [3.63, 3.8) is 0 Å². The summed E-state index contributed by atoms with van der Waals surface area (Å²) in [7, 11) is 0. The van der Waals surface area contributed by atoms with Gasteiger partial charge in [0.2, 0.25) is 0 Å². The summed E-state index contributed by atoms with van der Waals surface area (Å²) in [5.41, 5.74) is 8.66. The number of hydrogen-bond acceptors (Lipinski definition) is 2. The Morgan fingerprint density at radius 2 is 2.06 bits per heavy atom. The highest BCUT2D eigenvalue weighted by Gasteiger charge is 2.16. The van der Waals surface area contributed by atoms with Crippen molar-refractivity contribution in [2.24, 2.45) is 5.92 Å². The smallest absolute Gasteiger partial charge is 0.149 e. The van der Waals surface area contributed by atoms with Crippen LogP contribution in [-0.2, 0) is 6.42 Å². The fourth-order valence-electron chi connectivity index (χ4n) is 1.91. The summed E-state index contributed by atoms with van der Waals surface area (Å²) in [4.78, 5) is 0. The van der Waals surface area contributed by atoms with Crippen LogP contribution in [0.1, 0.15) is 19.4 Å². The monoisotopic (exact) mass is 283 g/mol. The highest BCUT2D eigenvalue weighted by Crippen LogP contribution is 2.33. The van der Waals surface area contributed by atoms with Crippen LogP contribution in [0.5, 0.6) is 0 Å². The molecular weight excluding hydrogens is 269 g/mol. The molecule has 96 valence electrons. The fraction of sp³-hybridized carbons (Fsp3) is 0.308. The number of nitrogen functional groups attached to an aromatic ring is 1. The molecule has 3 N–H and O–H groups in total. The zero-order valence-corrected chi connectivity index (χ0v) is 11.8. The summed E-state index contributed by atoms with van der Waals surface area (Å²) in [5.74, 6) is 1.03. The lowest BCUT2D eigenvalue weighted by molar-refractivity contribution is 0.649. The lowest BCUT2D eigenvalue weighted by Gasteiger charge is -2.08. The summed E-state index contributed by atoms with van der Waals surface area (Å²) in [5, 5.41) is 8.23. The molecule has 0 aliphatic rings. The number of aromatic nitrogens is 2. The van der Waals surface area contributed by atoms with Gasteiger partial charge in [0.05, 0.1) is 10.7 Å². The van der Waals surface area contributed by atoms with Crippen LogP contribution in [0.4, 0.5) is 5.82 Å². The van der Waals surface area contributed by atoms with Crippen LogP contribution in [-0.4, -0.2) is 10.2 Å². The van der Waals surface area contributed by atoms with E-state index in [2.05, 4.69) is 24.0 Å². The highest BCUT2D eigenvalue weighted by atomic mass is 35.5. The van der Waals surface area contributed by atoms with E-state index in [1.54, 1.807) is 12.1 Å². The number of aromatic amines is 1. The molecule has 2 aromatic rings. The number of nitrogens with one attached hydrogen (secondary N) is 1. The average molecular weight is 284 g/mol. The Bertz CT molecular complexity index is 561. The van der Waals surface area contributed by atoms with Crippen LogP contribution in [0.25, 0.3) is 11.3 Å². The van der Waals surface area contributed by atoms with Gasteiger partial charge >= 0.3 is 0 Å². The molecule has 0 aliphatic heterocycles. The van der Waals surface area contributed by atoms with Gasteiger partial charge in [-0.2, -0.15) is 5.10 Å². The Hall–Kier alpha value is -1.19. The number of nitrogens with two attached hydrogens (primary N) is 1. The second-order valence-electron chi connectivity index (χ2n) is 4.68. The molecule has 0 fully saturated rings. The van der Waals surface area contributed by atoms with Crippen molar-refractivity contribution in [1.29, 1.82) is 0 Å². The van der Waals surface area contributed by atoms with Gasteiger partial charge in [-0.3, -0.25) is 5.10 Å². The van der Waals surface area contributed by atoms with E-state index in [0.29, 0.717) is 21.8 Å². The zero-order valence-electron chi connectivity index (χ0n) is 10.3. The maximum absolute atomic E-state index is 6.21. The van der Waals surface area contributed by atoms with Crippen LogP contribution >= 0.6 is 23.2 Å². The molecule has 0 atom stereocenters. The molecular formula is C13H15Cl2N3. The van der Waals surface area contributed by atoms with Gasteiger partial charge in [-0.1, -0.05) is 37.0 Å². The summed E-state index contributed by atoms with van der Waals surface area (Å²) < 4.78 is 0. The SMILES string of the molecule is CC(C)Cc1c(N)n[nH]c1-c1ccc(Cl)cc1Cl. The van der Waals surface area contributed by atoms with Gasteiger partial charge in [-0.15, -0.1) is 0 Å². The number of anilines is 1. The molecule has 3 nitrogen and oxygen atoms in total. The standard InChI is InChI=1S/C13H15Cl2N3/c1-7(2)5-10-12(17-18-13(10)16)9-4-3-8(14)6-11(9)15/h3-4,6-7H,5H2,1-2H3,(H3,16,17,18). The Balaban J connectivity index is 2.50. The molecule has 0 aliphatic carbocycles. The van der Waals surface area contributed by atoms with Crippen LogP contribution in [0.2, 0.25) is 10.0 Å². The molecule has 1 aromatic heterocycles. The minimum Gasteiger partial charge on any atom is -0.382 e. The van der Waals surface area contributed by atoms with Crippen molar-refractivity contribution < 1.29 is 0 Å². The molecule has 0 bridgehead atoms. The van der Waals surface area contributed by atoms with Gasteiger partial charge in [0.25, 0.3) is 0 Å². The quantitative estimate of drug-likeness (QED) is 0.889. The number of hydrogen-bond donors (Lipinski definition) is 2. The van der Waals surface area contributed by atoms with E-state index in [-0.39, 0.29) is 0 Å². The van der Waals surface area contributed by atoms with Gasteiger partial charge in [-0.25, -0.2) is 0 Å². The van der Waals surface area contributed by atoms with Crippen molar-refractivity contribution in [3.05, 3.63) is 33.8 Å². The predicted molar refractivity (Wildman–Crippen MR) is 77.0 cm³/mol. The molecule has 1 heterocycles. The zero-order chi connectivity index (χ0) is 13.3. The third-order valence-corrected chi connectivity index (χ3v) is 3.26. The molecule has 0 spiro atoms. The van der Waals surface area contributed by atoms with E-state index < -0.39 is 0 Å². The third-order valence-electron chi connectivity index (χ3n) is 2.71. The van der Waals surface area contributed by atoms with E-state index in [4.69, 9.17) is 28.9 Å². The van der Waals surface area contributed by atoms with E-state index in [0.717, 1.165) is 23.2 Å². The van der Waals surface area contributed by atoms with E-state index in [1.807, 2.05) is 6.07 Å². The molecule has 0 radical (unpaired) electrons. The Morgan fingerprint density at radius 3 is 2.67 bits per heavy atom. The summed E-state index contributed by atoms with van der Waals surface area (Å²) >= 11 is 12.1. The molecule has 0 unspecified atom stereocenters. The lowest BCUT2D eigenvalue weighted by Crippen LogP contribution is -1.99. The van der Waals surface area contributed by atoms with Gasteiger partial charge in [0, 0.05) is 16.1 Å². The third kappa shape index (κ3) is 2.62. The van der Waals surface area contributed by atoms with Crippen LogP contribution in [0, 0.1) is 5.92 Å². The Labute approximate surface area is 116 Å². The van der Waals surface area contributed by atoms with Crippen molar-refractivity contribution >= 4 is 29.0 Å². The Kier molecular flexibility index (Phi) is 3.83. The second kappa shape index (κ2) is 5.21. The summed E-state index contributed by atoms with van der Waals surface area (Å²) in [6.45, 7) is 4.28. The topological polar surface area (TPSA) is 54.7 Å². The van der Waals surface area contributed by atoms with Gasteiger partial charge < -0.3 is 5.73 Å². The second-order valence-corrected chi connectivity index (χ2v) is 5.53. The maximum Gasteiger partial charge on any atom is 0.149 e. The highest BCUT2D eigenvalue weighted by molar-refractivity contribution is 6.36. The van der Waals surface area contributed by atoms with Crippen molar-refractivity contribution in [1.82, 2.24) is 10.2 Å². The number of nitrogens with zero attached hydrogens (tertiary/aromatic N) is 1. The van der Waals surface area contributed by atoms with E-state index in [1.165, 1.54) is 0 Å². The van der Waals surface area contributed by atoms with E-state index >= 15 is 0 Å². The minimum atomic E-state index is 0.495. The molecule has 0 saturated carbocycles. The summed E-state index contributed by atoms with van der Waals surface area (Å²) in [6, 6.07) is 5.40. The first kappa shape index (κ1) is 13.2. The van der Waals surface area contributed by atoms with Crippen molar-refractivity contribution in [3.8, 4) is 11.3 Å². The maximum atomic E-state index is 6.21. The average Bonchev–Trinajstić information content (AvgIpc) is 2.60. The first-order chi connectivity index (χ1) is 8.49. The van der Waals surface area contributed by atoms with Crippen LogP contribution in [0.3, 0.4) is 0 Å². The predicted octanol–water partition coefficient (Wildman–Crippen LogP) is 4.16. The largest absolute Gasteiger partial charge is 0.382 e. The first-order valence-corrected chi connectivity index (χ1v) is 6.52. The Morgan fingerprint density at radius 1 is 1.33 bits per heavy atom. The summed E-state index contributed by atoms with van der Waals surface area (Å²) in [6.07, 6.45) is 0.858. The molecule has 5 heteroatoms. The van der Waals surface area contributed by atoms with Crippen molar-refractivity contribution in [2.75, 3.05) is 5.73 Å². The fourth-order valence-corrected chi connectivity index (χ4v) is 2.41. The van der Waals surface area contributed by atoms with Crippen LogP contribution < -0.4 is 5.73 Å². The minimum absolute atomic E-state index is 0.495. The molecule has 2 rings (SSSR count). The number of benzene rings is 1. The van der Waals surface area contributed by atoms with Gasteiger partial charge in [0.15, 0.2) is 0 Å². The van der Waals surface area contributed by atoms with Gasteiger partial charge in [0.1, 0.15) is 5.82 Å². The van der Waals surface area contributed by atoms with E-state index in [9.17, 15) is 0 Å². The van der Waals surface area contributed by atoms with Gasteiger partial charge in [-0.05, 0) is 30.5 Å². The molecule has 0 saturated heterocycles. The number of H-pyrrole nitrogens is 1. The number of rotatable bonds is 3. The number of halogens is 2. The first-order valence-electron chi connectivity index (χ1n) is 5.77. The molecule has 18 heavy (non-hydrogen) atoms. The molecule has 0 amide bonds.